The molecule has 0 bridgehead atoms. The van der Waals surface area contributed by atoms with Crippen LogP contribution in [0.3, 0.4) is 0 Å². The Bertz CT molecular complexity index is 283. The van der Waals surface area contributed by atoms with Crippen molar-refractivity contribution in [3.8, 4) is 5.75 Å². The number of methoxy groups -OCH3 is 2. The summed E-state index contributed by atoms with van der Waals surface area (Å²) < 4.78 is 10.00. The van der Waals surface area contributed by atoms with Crippen molar-refractivity contribution in [1.29, 1.82) is 0 Å². The summed E-state index contributed by atoms with van der Waals surface area (Å²) in [5.41, 5.74) is 0.697. The molecule has 0 aromatic heterocycles. The Kier molecular flexibility index (Phi) is 3.46. The van der Waals surface area contributed by atoms with E-state index in [0.717, 1.165) is 0 Å². The number of hydrogen-bond donors (Lipinski definition) is 0. The third-order valence-electron chi connectivity index (χ3n) is 1.76. The van der Waals surface area contributed by atoms with Crippen LogP contribution >= 0.6 is 0 Å². The second kappa shape index (κ2) is 4.62. The molecule has 3 nitrogen and oxygen atoms in total. The summed E-state index contributed by atoms with van der Waals surface area (Å²) in [6.07, 6.45) is 1.12. The molecule has 1 atom stereocenters. The van der Waals surface area contributed by atoms with Gasteiger partial charge in [0.05, 0.1) is 7.11 Å². The van der Waals surface area contributed by atoms with Gasteiger partial charge in [0.2, 0.25) is 6.29 Å². The lowest BCUT2D eigenvalue weighted by Gasteiger charge is -2.11. The van der Waals surface area contributed by atoms with Crippen LogP contribution in [0.25, 0.3) is 0 Å². The summed E-state index contributed by atoms with van der Waals surface area (Å²) in [5, 5.41) is 0. The van der Waals surface area contributed by atoms with E-state index in [1.54, 1.807) is 25.5 Å². The second-order valence-electron chi connectivity index (χ2n) is 2.48. The maximum atomic E-state index is 10.5. The van der Waals surface area contributed by atoms with E-state index in [1.165, 1.54) is 7.11 Å². The van der Waals surface area contributed by atoms with Crippen molar-refractivity contribution in [2.24, 2.45) is 0 Å². The molecule has 0 aliphatic heterocycles. The van der Waals surface area contributed by atoms with Gasteiger partial charge in [-0.2, -0.15) is 0 Å². The smallest absolute Gasteiger partial charge is 0.234 e. The van der Waals surface area contributed by atoms with Gasteiger partial charge in [-0.05, 0) is 6.07 Å². The molecule has 0 aliphatic carbocycles. The molecule has 0 fully saturated rings. The monoisotopic (exact) mass is 179 g/mol. The largest absolute Gasteiger partial charge is 0.496 e. The molecule has 13 heavy (non-hydrogen) atoms. The Balaban J connectivity index is 3.03. The lowest BCUT2D eigenvalue weighted by atomic mass is 10.1. The number of ether oxygens (including phenoxy) is 2. The molecule has 1 aromatic carbocycles. The van der Waals surface area contributed by atoms with E-state index in [0.29, 0.717) is 11.3 Å². The molecule has 0 saturated heterocycles. The fourth-order valence-electron chi connectivity index (χ4n) is 1.12. The highest BCUT2D eigenvalue weighted by Gasteiger charge is 2.14. The predicted octanol–water partition coefficient (Wildman–Crippen LogP) is 1.49. The van der Waals surface area contributed by atoms with Crippen LogP contribution in [-0.2, 0) is 9.53 Å². The molecule has 0 spiro atoms. The Hall–Kier alpha value is -1.35. The van der Waals surface area contributed by atoms with Crippen molar-refractivity contribution < 1.29 is 14.3 Å². The van der Waals surface area contributed by atoms with Crippen LogP contribution in [0.4, 0.5) is 0 Å². The van der Waals surface area contributed by atoms with Gasteiger partial charge in [0, 0.05) is 12.7 Å². The van der Waals surface area contributed by atoms with Crippen LogP contribution in [0.2, 0.25) is 0 Å². The predicted molar refractivity (Wildman–Crippen MR) is 48.4 cm³/mol. The molecule has 0 saturated carbocycles. The van der Waals surface area contributed by atoms with Crippen molar-refractivity contribution in [2.45, 2.75) is 6.10 Å². The molecular formula is C10H11O3. The summed E-state index contributed by atoms with van der Waals surface area (Å²) in [7, 11) is 3.01. The average molecular weight is 179 g/mol. The fraction of sp³-hybridized carbons (Fsp3) is 0.300. The van der Waals surface area contributed by atoms with Gasteiger partial charge in [-0.1, -0.05) is 18.2 Å². The first-order valence-corrected chi connectivity index (χ1v) is 3.87. The van der Waals surface area contributed by atoms with E-state index in [9.17, 15) is 4.79 Å². The van der Waals surface area contributed by atoms with E-state index in [-0.39, 0.29) is 0 Å². The molecule has 0 unspecified atom stereocenters. The minimum absolute atomic E-state index is 0.637. The zero-order valence-corrected chi connectivity index (χ0v) is 7.61. The van der Waals surface area contributed by atoms with Crippen LogP contribution in [0, 0.1) is 0 Å². The summed E-state index contributed by atoms with van der Waals surface area (Å²) in [6.45, 7) is 0. The third kappa shape index (κ3) is 2.06. The standard InChI is InChI=1S/C10H11O3/c1-12-9-6-4-3-5-8(9)10(7-11)13-2/h3-6,10H,1-2H3/t10-/m0/s1. The Morgan fingerprint density at radius 1 is 1.31 bits per heavy atom. The summed E-state index contributed by atoms with van der Waals surface area (Å²) in [6, 6.07) is 7.21. The zero-order chi connectivity index (χ0) is 9.68. The Labute approximate surface area is 77.3 Å². The number of hydrogen-bond acceptors (Lipinski definition) is 3. The maximum absolute atomic E-state index is 10.5. The molecule has 1 rings (SSSR count). The number of rotatable bonds is 4. The average Bonchev–Trinajstić information content (AvgIpc) is 2.20. The van der Waals surface area contributed by atoms with Crippen LogP contribution in [0.1, 0.15) is 11.7 Å². The van der Waals surface area contributed by atoms with Crippen molar-refractivity contribution in [1.82, 2.24) is 0 Å². The van der Waals surface area contributed by atoms with Crippen molar-refractivity contribution in [2.75, 3.05) is 14.2 Å². The van der Waals surface area contributed by atoms with E-state index in [4.69, 9.17) is 9.47 Å². The summed E-state index contributed by atoms with van der Waals surface area (Å²) >= 11 is 0. The molecule has 1 aromatic rings. The molecule has 1 radical (unpaired) electrons. The fourth-order valence-corrected chi connectivity index (χ4v) is 1.12. The second-order valence-corrected chi connectivity index (χ2v) is 2.48. The summed E-state index contributed by atoms with van der Waals surface area (Å²) in [4.78, 5) is 10.5. The lowest BCUT2D eigenvalue weighted by molar-refractivity contribution is 0.151. The van der Waals surface area contributed by atoms with Gasteiger partial charge in [0.25, 0.3) is 0 Å². The quantitative estimate of drug-likeness (QED) is 0.702. The van der Waals surface area contributed by atoms with E-state index < -0.39 is 6.10 Å². The van der Waals surface area contributed by atoms with Gasteiger partial charge in [-0.15, -0.1) is 0 Å². The molecule has 0 aliphatic rings. The van der Waals surface area contributed by atoms with Crippen LogP contribution in [-0.4, -0.2) is 20.5 Å². The van der Waals surface area contributed by atoms with Gasteiger partial charge in [0.1, 0.15) is 5.75 Å². The minimum atomic E-state index is -0.670. The highest BCUT2D eigenvalue weighted by molar-refractivity contribution is 5.63. The molecule has 0 heterocycles. The van der Waals surface area contributed by atoms with Crippen molar-refractivity contribution >= 4 is 6.29 Å². The molecule has 0 amide bonds. The van der Waals surface area contributed by atoms with Crippen LogP contribution in [0.5, 0.6) is 5.75 Å². The first kappa shape index (κ1) is 9.74. The molecule has 0 N–H and O–H groups in total. The Morgan fingerprint density at radius 2 is 2.00 bits per heavy atom. The van der Waals surface area contributed by atoms with Gasteiger partial charge >= 0.3 is 0 Å². The van der Waals surface area contributed by atoms with Crippen molar-refractivity contribution in [3.63, 3.8) is 0 Å². The minimum Gasteiger partial charge on any atom is -0.496 e. The third-order valence-corrected chi connectivity index (χ3v) is 1.76. The van der Waals surface area contributed by atoms with Crippen LogP contribution in [0.15, 0.2) is 24.3 Å². The highest BCUT2D eigenvalue weighted by atomic mass is 16.5. The molecule has 69 valence electrons. The van der Waals surface area contributed by atoms with E-state index in [1.807, 2.05) is 12.1 Å². The number of benzene rings is 1. The number of para-hydroxylation sites is 1. The molecule has 3 heteroatoms. The SMILES string of the molecule is COc1ccccc1[C@H]([C]=O)OC. The highest BCUT2D eigenvalue weighted by Crippen LogP contribution is 2.25. The Morgan fingerprint density at radius 3 is 2.54 bits per heavy atom. The maximum Gasteiger partial charge on any atom is 0.234 e. The summed E-state index contributed by atoms with van der Waals surface area (Å²) in [5.74, 6) is 0.637. The van der Waals surface area contributed by atoms with Gasteiger partial charge in [0.15, 0.2) is 6.10 Å². The van der Waals surface area contributed by atoms with Crippen molar-refractivity contribution in [3.05, 3.63) is 29.8 Å². The van der Waals surface area contributed by atoms with Gasteiger partial charge < -0.3 is 9.47 Å². The van der Waals surface area contributed by atoms with E-state index in [2.05, 4.69) is 0 Å². The molecular weight excluding hydrogens is 168 g/mol. The topological polar surface area (TPSA) is 35.5 Å². The first-order chi connectivity index (χ1) is 6.33. The van der Waals surface area contributed by atoms with Gasteiger partial charge in [-0.25, -0.2) is 0 Å². The van der Waals surface area contributed by atoms with Gasteiger partial charge in [-0.3, -0.25) is 4.79 Å². The lowest BCUT2D eigenvalue weighted by Crippen LogP contribution is -2.04. The number of carbonyl (C=O) groups excluding carboxylic acids is 1. The normalized spacial score (nSPS) is 12.2. The van der Waals surface area contributed by atoms with Crippen LogP contribution < -0.4 is 4.74 Å². The first-order valence-electron chi connectivity index (χ1n) is 3.87. The zero-order valence-electron chi connectivity index (χ0n) is 7.61. The van der Waals surface area contributed by atoms with E-state index >= 15 is 0 Å².